The van der Waals surface area contributed by atoms with E-state index >= 15 is 0 Å². The molecule has 0 radical (unpaired) electrons. The van der Waals surface area contributed by atoms with Crippen LogP contribution in [-0.4, -0.2) is 24.3 Å². The van der Waals surface area contributed by atoms with Crippen LogP contribution >= 0.6 is 0 Å². The Morgan fingerprint density at radius 3 is 2.00 bits per heavy atom. The van der Waals surface area contributed by atoms with Crippen molar-refractivity contribution in [3.05, 3.63) is 0 Å². The van der Waals surface area contributed by atoms with Crippen molar-refractivity contribution in [2.24, 2.45) is 5.92 Å². The van der Waals surface area contributed by atoms with Crippen LogP contribution in [0.3, 0.4) is 0 Å². The number of carbonyl (C=O) groups excluding carboxylic acids is 1. The number of aliphatic hydroxyl groups excluding tert-OH is 1. The number of ether oxygens (including phenoxy) is 1. The number of cyclic esters (lactones) is 1. The first-order valence-electron chi connectivity index (χ1n) is 7.62. The molecule has 0 amide bonds. The molecule has 0 saturated carbocycles. The van der Waals surface area contributed by atoms with Gasteiger partial charge in [0.05, 0.1) is 12.5 Å². The smallest absolute Gasteiger partial charge is 0.309 e. The van der Waals surface area contributed by atoms with Crippen LogP contribution in [0.25, 0.3) is 0 Å². The molecule has 0 aromatic heterocycles. The Hall–Kier alpha value is -0.570. The maximum Gasteiger partial charge on any atom is 0.309 e. The van der Waals surface area contributed by atoms with E-state index in [1.54, 1.807) is 0 Å². The summed E-state index contributed by atoms with van der Waals surface area (Å²) >= 11 is 0. The van der Waals surface area contributed by atoms with Crippen LogP contribution in [0.2, 0.25) is 0 Å². The van der Waals surface area contributed by atoms with Gasteiger partial charge in [0.1, 0.15) is 0 Å². The minimum absolute atomic E-state index is 0.0267. The molecule has 106 valence electrons. The average molecular weight is 256 g/mol. The summed E-state index contributed by atoms with van der Waals surface area (Å²) in [5.41, 5.74) is 0. The first-order valence-corrected chi connectivity index (χ1v) is 7.62. The van der Waals surface area contributed by atoms with E-state index < -0.39 is 0 Å². The van der Waals surface area contributed by atoms with Gasteiger partial charge in [0.2, 0.25) is 0 Å². The summed E-state index contributed by atoms with van der Waals surface area (Å²) in [4.78, 5) is 11.2. The van der Waals surface area contributed by atoms with Crippen molar-refractivity contribution in [2.45, 2.75) is 70.6 Å². The Balaban J connectivity index is 1.77. The molecule has 18 heavy (non-hydrogen) atoms. The maximum absolute atomic E-state index is 11.2. The summed E-state index contributed by atoms with van der Waals surface area (Å²) in [5, 5.41) is 8.64. The van der Waals surface area contributed by atoms with Crippen molar-refractivity contribution in [2.75, 3.05) is 13.2 Å². The fourth-order valence-corrected chi connectivity index (χ4v) is 2.54. The first kappa shape index (κ1) is 15.5. The Bertz CT molecular complexity index is 216. The van der Waals surface area contributed by atoms with E-state index in [1.165, 1.54) is 51.4 Å². The molecular weight excluding hydrogens is 228 g/mol. The topological polar surface area (TPSA) is 46.5 Å². The van der Waals surface area contributed by atoms with E-state index in [4.69, 9.17) is 9.84 Å². The van der Waals surface area contributed by atoms with E-state index in [0.29, 0.717) is 13.2 Å². The second kappa shape index (κ2) is 10.4. The van der Waals surface area contributed by atoms with Crippen molar-refractivity contribution in [1.82, 2.24) is 0 Å². The third-order valence-electron chi connectivity index (χ3n) is 3.75. The molecule has 1 aliphatic heterocycles. The second-order valence-electron chi connectivity index (χ2n) is 5.35. The van der Waals surface area contributed by atoms with E-state index in [2.05, 4.69) is 0 Å². The van der Waals surface area contributed by atoms with Gasteiger partial charge in [0, 0.05) is 6.61 Å². The lowest BCUT2D eigenvalue weighted by molar-refractivity contribution is -0.141. The lowest BCUT2D eigenvalue weighted by Crippen LogP contribution is -2.06. The minimum atomic E-state index is 0.0267. The van der Waals surface area contributed by atoms with Crippen LogP contribution in [0.15, 0.2) is 0 Å². The van der Waals surface area contributed by atoms with Crippen LogP contribution < -0.4 is 0 Å². The molecule has 3 nitrogen and oxygen atoms in total. The number of hydrogen-bond donors (Lipinski definition) is 1. The minimum Gasteiger partial charge on any atom is -0.465 e. The Kier molecular flexibility index (Phi) is 8.92. The molecule has 1 unspecified atom stereocenters. The van der Waals surface area contributed by atoms with Gasteiger partial charge in [-0.1, -0.05) is 51.4 Å². The summed E-state index contributed by atoms with van der Waals surface area (Å²) in [7, 11) is 0. The maximum atomic E-state index is 11.2. The van der Waals surface area contributed by atoms with E-state index in [-0.39, 0.29) is 11.9 Å². The van der Waals surface area contributed by atoms with Gasteiger partial charge in [-0.05, 0) is 19.3 Å². The van der Waals surface area contributed by atoms with Gasteiger partial charge in [0.25, 0.3) is 0 Å². The summed E-state index contributed by atoms with van der Waals surface area (Å²) in [6.07, 6.45) is 13.0. The van der Waals surface area contributed by atoms with Crippen LogP contribution in [0.1, 0.15) is 70.6 Å². The Morgan fingerprint density at radius 1 is 0.944 bits per heavy atom. The van der Waals surface area contributed by atoms with Crippen LogP contribution in [0, 0.1) is 5.92 Å². The summed E-state index contributed by atoms with van der Waals surface area (Å²) < 4.78 is 4.95. The van der Waals surface area contributed by atoms with E-state index in [9.17, 15) is 4.79 Å². The normalized spacial score (nSPS) is 19.2. The average Bonchev–Trinajstić information content (AvgIpc) is 2.77. The first-order chi connectivity index (χ1) is 8.84. The number of esters is 1. The van der Waals surface area contributed by atoms with Gasteiger partial charge in [0.15, 0.2) is 0 Å². The number of unbranched alkanes of at least 4 members (excludes halogenated alkanes) is 8. The summed E-state index contributed by atoms with van der Waals surface area (Å²) in [6.45, 7) is 0.973. The molecule has 0 aromatic carbocycles. The highest BCUT2D eigenvalue weighted by Gasteiger charge is 2.25. The third-order valence-corrected chi connectivity index (χ3v) is 3.75. The Labute approximate surface area is 111 Å². The molecule has 1 rings (SSSR count). The van der Waals surface area contributed by atoms with Crippen LogP contribution in [0.4, 0.5) is 0 Å². The molecule has 3 heteroatoms. The molecule has 1 heterocycles. The molecule has 1 fully saturated rings. The predicted molar refractivity (Wildman–Crippen MR) is 72.3 cm³/mol. The molecule has 1 aliphatic rings. The molecule has 0 aromatic rings. The predicted octanol–water partition coefficient (Wildman–Crippen LogP) is 3.44. The molecule has 0 aliphatic carbocycles. The number of rotatable bonds is 11. The third kappa shape index (κ3) is 7.00. The van der Waals surface area contributed by atoms with Crippen molar-refractivity contribution in [3.8, 4) is 0 Å². The number of hydrogen-bond acceptors (Lipinski definition) is 3. The molecule has 0 bridgehead atoms. The highest BCUT2D eigenvalue weighted by atomic mass is 16.5. The fraction of sp³-hybridized carbons (Fsp3) is 0.933. The van der Waals surface area contributed by atoms with Gasteiger partial charge in [-0.2, -0.15) is 0 Å². The van der Waals surface area contributed by atoms with Gasteiger partial charge in [-0.25, -0.2) is 0 Å². The lowest BCUT2D eigenvalue weighted by Gasteiger charge is -2.05. The quantitative estimate of drug-likeness (QED) is 0.455. The van der Waals surface area contributed by atoms with E-state index in [0.717, 1.165) is 19.3 Å². The number of carbonyl (C=O) groups is 1. The molecule has 1 saturated heterocycles. The van der Waals surface area contributed by atoms with Gasteiger partial charge < -0.3 is 9.84 Å². The van der Waals surface area contributed by atoms with Gasteiger partial charge >= 0.3 is 5.97 Å². The van der Waals surface area contributed by atoms with Crippen molar-refractivity contribution < 1.29 is 14.6 Å². The molecule has 0 spiro atoms. The Morgan fingerprint density at radius 2 is 1.50 bits per heavy atom. The summed E-state index contributed by atoms with van der Waals surface area (Å²) in [6, 6.07) is 0. The zero-order chi connectivity index (χ0) is 13.1. The molecule has 1 N–H and O–H groups in total. The van der Waals surface area contributed by atoms with Crippen LogP contribution in [-0.2, 0) is 9.53 Å². The van der Waals surface area contributed by atoms with Gasteiger partial charge in [-0.15, -0.1) is 0 Å². The zero-order valence-electron chi connectivity index (χ0n) is 11.5. The van der Waals surface area contributed by atoms with Gasteiger partial charge in [-0.3, -0.25) is 4.79 Å². The monoisotopic (exact) mass is 256 g/mol. The lowest BCUT2D eigenvalue weighted by atomic mass is 9.99. The fourth-order valence-electron chi connectivity index (χ4n) is 2.54. The largest absolute Gasteiger partial charge is 0.465 e. The molecule has 1 atom stereocenters. The van der Waals surface area contributed by atoms with Crippen molar-refractivity contribution in [1.29, 1.82) is 0 Å². The number of aliphatic hydroxyl groups is 1. The van der Waals surface area contributed by atoms with Crippen molar-refractivity contribution in [3.63, 3.8) is 0 Å². The SMILES string of the molecule is O=C1OCCC1CCCCCCCCCCCO. The standard InChI is InChI=1S/C15H28O3/c16-12-9-7-5-3-1-2-4-6-8-10-14-11-13-18-15(14)17/h14,16H,1-13H2. The molecular formula is C15H28O3. The summed E-state index contributed by atoms with van der Waals surface area (Å²) in [5.74, 6) is 0.224. The zero-order valence-corrected chi connectivity index (χ0v) is 11.5. The highest BCUT2D eigenvalue weighted by Crippen LogP contribution is 2.21. The van der Waals surface area contributed by atoms with E-state index in [1.807, 2.05) is 0 Å². The second-order valence-corrected chi connectivity index (χ2v) is 5.35. The van der Waals surface area contributed by atoms with Crippen LogP contribution in [0.5, 0.6) is 0 Å². The van der Waals surface area contributed by atoms with Crippen molar-refractivity contribution >= 4 is 5.97 Å². The highest BCUT2D eigenvalue weighted by molar-refractivity contribution is 5.73.